The maximum Gasteiger partial charge on any atom is 0.228 e. The molecule has 0 aliphatic heterocycles. The van der Waals surface area contributed by atoms with Crippen LogP contribution < -0.4 is 5.32 Å². The molecular formula is C23H22BrCl2N3O. The van der Waals surface area contributed by atoms with E-state index in [1.807, 2.05) is 37.3 Å². The number of nitrogens with zero attached hydrogens (tertiary/aromatic N) is 2. The monoisotopic (exact) mass is 505 g/mol. The molecule has 1 N–H and O–H groups in total. The van der Waals surface area contributed by atoms with E-state index in [1.165, 1.54) is 6.42 Å². The first-order valence-electron chi connectivity index (χ1n) is 10.1. The third kappa shape index (κ3) is 4.43. The van der Waals surface area contributed by atoms with E-state index < -0.39 is 0 Å². The van der Waals surface area contributed by atoms with E-state index in [-0.39, 0.29) is 11.8 Å². The Hall–Kier alpha value is -1.82. The fourth-order valence-electron chi connectivity index (χ4n) is 3.97. The average molecular weight is 507 g/mol. The largest absolute Gasteiger partial charge is 0.309 e. The number of carbonyl (C=O) groups is 1. The van der Waals surface area contributed by atoms with Crippen molar-refractivity contribution in [1.29, 1.82) is 0 Å². The average Bonchev–Trinajstić information content (AvgIpc) is 3.05. The van der Waals surface area contributed by atoms with Crippen LogP contribution in [0.4, 0.5) is 5.82 Å². The molecule has 4 nitrogen and oxygen atoms in total. The third-order valence-electron chi connectivity index (χ3n) is 5.60. The van der Waals surface area contributed by atoms with Gasteiger partial charge in [0, 0.05) is 26.5 Å². The fourth-order valence-corrected chi connectivity index (χ4v) is 4.73. The van der Waals surface area contributed by atoms with Gasteiger partial charge >= 0.3 is 0 Å². The zero-order chi connectivity index (χ0) is 21.3. The quantitative estimate of drug-likeness (QED) is 0.399. The number of aromatic nitrogens is 2. The topological polar surface area (TPSA) is 46.9 Å². The van der Waals surface area contributed by atoms with Crippen LogP contribution >= 0.6 is 39.1 Å². The van der Waals surface area contributed by atoms with Crippen LogP contribution in [0.25, 0.3) is 16.9 Å². The number of anilines is 1. The summed E-state index contributed by atoms with van der Waals surface area (Å²) in [4.78, 5) is 12.9. The van der Waals surface area contributed by atoms with E-state index in [0.717, 1.165) is 47.0 Å². The molecule has 0 atom stereocenters. The second-order valence-corrected chi connectivity index (χ2v) is 9.42. The van der Waals surface area contributed by atoms with Gasteiger partial charge in [0.05, 0.1) is 16.4 Å². The lowest BCUT2D eigenvalue weighted by Gasteiger charge is -2.20. The lowest BCUT2D eigenvalue weighted by Crippen LogP contribution is -2.25. The molecule has 0 unspecified atom stereocenters. The Morgan fingerprint density at radius 2 is 1.80 bits per heavy atom. The molecule has 0 saturated heterocycles. The molecule has 1 heterocycles. The summed E-state index contributed by atoms with van der Waals surface area (Å²) in [7, 11) is 0. The molecule has 1 aromatic heterocycles. The van der Waals surface area contributed by atoms with Crippen LogP contribution in [0.5, 0.6) is 0 Å². The predicted molar refractivity (Wildman–Crippen MR) is 127 cm³/mol. The number of halogens is 3. The lowest BCUT2D eigenvalue weighted by atomic mass is 9.88. The van der Waals surface area contributed by atoms with Gasteiger partial charge in [0.15, 0.2) is 5.82 Å². The highest BCUT2D eigenvalue weighted by Gasteiger charge is 2.25. The number of hydrogen-bond donors (Lipinski definition) is 1. The van der Waals surface area contributed by atoms with Gasteiger partial charge in [0.1, 0.15) is 0 Å². The van der Waals surface area contributed by atoms with Gasteiger partial charge in [0.2, 0.25) is 5.91 Å². The molecule has 1 aliphatic carbocycles. The van der Waals surface area contributed by atoms with E-state index in [4.69, 9.17) is 28.3 Å². The number of rotatable bonds is 4. The van der Waals surface area contributed by atoms with E-state index >= 15 is 0 Å². The molecule has 0 bridgehead atoms. The summed E-state index contributed by atoms with van der Waals surface area (Å²) in [6, 6.07) is 13.3. The Morgan fingerprint density at radius 1 is 1.10 bits per heavy atom. The van der Waals surface area contributed by atoms with Gasteiger partial charge in [-0.1, -0.05) is 70.5 Å². The summed E-state index contributed by atoms with van der Waals surface area (Å²) >= 11 is 16.1. The molecule has 30 heavy (non-hydrogen) atoms. The summed E-state index contributed by atoms with van der Waals surface area (Å²) < 4.78 is 2.78. The van der Waals surface area contributed by atoms with Crippen LogP contribution in [0.15, 0.2) is 46.9 Å². The van der Waals surface area contributed by atoms with Crippen molar-refractivity contribution in [1.82, 2.24) is 9.78 Å². The SMILES string of the molecule is Cc1c(NC(=O)C2CCCCC2)nn(-c2ccc(Cl)cc2Cl)c1-c1ccc(Br)cc1. The zero-order valence-electron chi connectivity index (χ0n) is 16.6. The molecule has 2 aromatic carbocycles. The molecule has 1 fully saturated rings. The van der Waals surface area contributed by atoms with Gasteiger partial charge in [-0.3, -0.25) is 4.79 Å². The summed E-state index contributed by atoms with van der Waals surface area (Å²) in [5.41, 5.74) is 3.46. The Balaban J connectivity index is 1.78. The number of carbonyl (C=O) groups excluding carboxylic acids is 1. The second kappa shape index (κ2) is 9.13. The standard InChI is InChI=1S/C23H22BrCl2N3O/c1-14-21(15-7-9-17(24)10-8-15)29(20-12-11-18(25)13-19(20)26)28-22(14)27-23(30)16-5-3-2-4-6-16/h7-13,16H,2-6H2,1H3,(H,27,28,30). The smallest absolute Gasteiger partial charge is 0.228 e. The molecule has 1 amide bonds. The van der Waals surface area contributed by atoms with Crippen molar-refractivity contribution in [3.8, 4) is 16.9 Å². The van der Waals surface area contributed by atoms with Gasteiger partial charge in [-0.05, 0) is 50.1 Å². The Kier molecular flexibility index (Phi) is 6.51. The van der Waals surface area contributed by atoms with Crippen molar-refractivity contribution in [3.05, 3.63) is 62.5 Å². The highest BCUT2D eigenvalue weighted by molar-refractivity contribution is 9.10. The van der Waals surface area contributed by atoms with Crippen molar-refractivity contribution < 1.29 is 4.79 Å². The van der Waals surface area contributed by atoms with E-state index in [0.29, 0.717) is 21.6 Å². The highest BCUT2D eigenvalue weighted by Crippen LogP contribution is 2.35. The zero-order valence-corrected chi connectivity index (χ0v) is 19.7. The molecule has 1 aliphatic rings. The van der Waals surface area contributed by atoms with Crippen molar-refractivity contribution >= 4 is 50.9 Å². The van der Waals surface area contributed by atoms with Crippen LogP contribution in [0.3, 0.4) is 0 Å². The number of amides is 1. The lowest BCUT2D eigenvalue weighted by molar-refractivity contribution is -0.120. The van der Waals surface area contributed by atoms with Gasteiger partial charge in [-0.15, -0.1) is 5.10 Å². The molecule has 0 spiro atoms. The molecule has 156 valence electrons. The normalized spacial score (nSPS) is 14.7. The number of benzene rings is 2. The van der Waals surface area contributed by atoms with Gasteiger partial charge in [-0.2, -0.15) is 0 Å². The highest BCUT2D eigenvalue weighted by atomic mass is 79.9. The van der Waals surface area contributed by atoms with Crippen LogP contribution in [-0.4, -0.2) is 15.7 Å². The van der Waals surface area contributed by atoms with E-state index in [9.17, 15) is 4.79 Å². The van der Waals surface area contributed by atoms with Crippen LogP contribution in [0, 0.1) is 12.8 Å². The molecule has 7 heteroatoms. The van der Waals surface area contributed by atoms with E-state index in [1.54, 1.807) is 16.8 Å². The summed E-state index contributed by atoms with van der Waals surface area (Å²) in [6.07, 6.45) is 5.30. The van der Waals surface area contributed by atoms with Crippen molar-refractivity contribution in [2.24, 2.45) is 5.92 Å². The number of hydrogen-bond acceptors (Lipinski definition) is 2. The van der Waals surface area contributed by atoms with Crippen molar-refractivity contribution in [3.63, 3.8) is 0 Å². The molecule has 4 rings (SSSR count). The predicted octanol–water partition coefficient (Wildman–Crippen LogP) is 7.44. The minimum absolute atomic E-state index is 0.0482. The molecule has 3 aromatic rings. The van der Waals surface area contributed by atoms with Crippen LogP contribution in [0.1, 0.15) is 37.7 Å². The number of nitrogens with one attached hydrogen (secondary N) is 1. The first-order chi connectivity index (χ1) is 14.4. The van der Waals surface area contributed by atoms with Gasteiger partial charge in [-0.25, -0.2) is 4.68 Å². The Morgan fingerprint density at radius 3 is 2.47 bits per heavy atom. The Bertz CT molecular complexity index is 1070. The molecule has 1 saturated carbocycles. The second-order valence-electron chi connectivity index (χ2n) is 7.66. The van der Waals surface area contributed by atoms with Gasteiger partial charge in [0.25, 0.3) is 0 Å². The van der Waals surface area contributed by atoms with Crippen molar-refractivity contribution in [2.75, 3.05) is 5.32 Å². The maximum absolute atomic E-state index is 12.9. The minimum Gasteiger partial charge on any atom is -0.309 e. The minimum atomic E-state index is 0.0482. The summed E-state index contributed by atoms with van der Waals surface area (Å²) in [5.74, 6) is 0.667. The Labute approximate surface area is 194 Å². The van der Waals surface area contributed by atoms with Crippen LogP contribution in [0.2, 0.25) is 10.0 Å². The molecular weight excluding hydrogens is 485 g/mol. The van der Waals surface area contributed by atoms with Gasteiger partial charge < -0.3 is 5.32 Å². The van der Waals surface area contributed by atoms with E-state index in [2.05, 4.69) is 21.2 Å². The molecule has 0 radical (unpaired) electrons. The van der Waals surface area contributed by atoms with Crippen molar-refractivity contribution in [2.45, 2.75) is 39.0 Å². The first kappa shape index (κ1) is 21.4. The third-order valence-corrected chi connectivity index (χ3v) is 6.66. The van der Waals surface area contributed by atoms with Crippen LogP contribution in [-0.2, 0) is 4.79 Å². The fraction of sp³-hybridized carbons (Fsp3) is 0.304. The summed E-state index contributed by atoms with van der Waals surface area (Å²) in [6.45, 7) is 1.97. The maximum atomic E-state index is 12.9. The summed E-state index contributed by atoms with van der Waals surface area (Å²) in [5, 5.41) is 8.88. The first-order valence-corrected chi connectivity index (χ1v) is 11.6.